The van der Waals surface area contributed by atoms with Crippen molar-refractivity contribution in [3.8, 4) is 5.75 Å². The molecule has 0 aromatic heterocycles. The standard InChI is InChI=1S/C9H9NO4/c1-6(5-11)7-2-3-8(10(13)14)9(12)4-7/h2-6,12H,1H3. The third-order valence-electron chi connectivity index (χ3n) is 1.93. The first-order valence-corrected chi connectivity index (χ1v) is 3.99. The van der Waals surface area contributed by atoms with E-state index >= 15 is 0 Å². The molecule has 1 aromatic carbocycles. The largest absolute Gasteiger partial charge is 0.502 e. The minimum Gasteiger partial charge on any atom is -0.502 e. The Hall–Kier alpha value is -1.91. The summed E-state index contributed by atoms with van der Waals surface area (Å²) in [6.45, 7) is 1.65. The van der Waals surface area contributed by atoms with Crippen LogP contribution in [0.4, 0.5) is 5.69 Å². The van der Waals surface area contributed by atoms with Crippen LogP contribution in [0.1, 0.15) is 18.4 Å². The molecule has 14 heavy (non-hydrogen) atoms. The molecule has 0 aliphatic carbocycles. The van der Waals surface area contributed by atoms with Crippen LogP contribution in [0, 0.1) is 10.1 Å². The Kier molecular flexibility index (Phi) is 2.81. The highest BCUT2D eigenvalue weighted by atomic mass is 16.6. The number of aldehydes is 1. The van der Waals surface area contributed by atoms with E-state index < -0.39 is 10.7 Å². The zero-order chi connectivity index (χ0) is 10.7. The van der Waals surface area contributed by atoms with Crippen molar-refractivity contribution >= 4 is 12.0 Å². The van der Waals surface area contributed by atoms with Gasteiger partial charge in [-0.3, -0.25) is 10.1 Å². The summed E-state index contributed by atoms with van der Waals surface area (Å²) >= 11 is 0. The maximum Gasteiger partial charge on any atom is 0.310 e. The second kappa shape index (κ2) is 3.87. The fraction of sp³-hybridized carbons (Fsp3) is 0.222. The summed E-state index contributed by atoms with van der Waals surface area (Å²) < 4.78 is 0. The molecule has 0 heterocycles. The molecule has 0 spiro atoms. The van der Waals surface area contributed by atoms with Gasteiger partial charge in [-0.1, -0.05) is 13.0 Å². The van der Waals surface area contributed by atoms with E-state index in [1.165, 1.54) is 18.2 Å². The number of hydrogen-bond donors (Lipinski definition) is 1. The minimum absolute atomic E-state index is 0.355. The molecule has 0 saturated heterocycles. The zero-order valence-electron chi connectivity index (χ0n) is 7.51. The van der Waals surface area contributed by atoms with Gasteiger partial charge in [0, 0.05) is 12.0 Å². The highest BCUT2D eigenvalue weighted by molar-refractivity contribution is 5.63. The Morgan fingerprint density at radius 3 is 2.64 bits per heavy atom. The number of rotatable bonds is 3. The lowest BCUT2D eigenvalue weighted by atomic mass is 10.0. The number of nitro groups is 1. The van der Waals surface area contributed by atoms with E-state index in [-0.39, 0.29) is 11.6 Å². The van der Waals surface area contributed by atoms with Crippen LogP contribution in [0.25, 0.3) is 0 Å². The van der Waals surface area contributed by atoms with Crippen molar-refractivity contribution in [1.29, 1.82) is 0 Å². The first-order valence-electron chi connectivity index (χ1n) is 3.99. The molecule has 5 nitrogen and oxygen atoms in total. The Morgan fingerprint density at radius 2 is 2.21 bits per heavy atom. The molecule has 1 aromatic rings. The molecule has 74 valence electrons. The van der Waals surface area contributed by atoms with Crippen molar-refractivity contribution in [2.75, 3.05) is 0 Å². The molecule has 5 heteroatoms. The topological polar surface area (TPSA) is 80.4 Å². The number of nitrogens with zero attached hydrogens (tertiary/aromatic N) is 1. The smallest absolute Gasteiger partial charge is 0.310 e. The Balaban J connectivity index is 3.12. The summed E-state index contributed by atoms with van der Waals surface area (Å²) in [7, 11) is 0. The van der Waals surface area contributed by atoms with E-state index in [0.29, 0.717) is 11.8 Å². The van der Waals surface area contributed by atoms with Gasteiger partial charge in [0.1, 0.15) is 6.29 Å². The van der Waals surface area contributed by atoms with Crippen molar-refractivity contribution < 1.29 is 14.8 Å². The predicted molar refractivity (Wildman–Crippen MR) is 49.2 cm³/mol. The van der Waals surface area contributed by atoms with Gasteiger partial charge in [-0.2, -0.15) is 0 Å². The van der Waals surface area contributed by atoms with Crippen molar-refractivity contribution in [3.63, 3.8) is 0 Å². The van der Waals surface area contributed by atoms with Gasteiger partial charge in [-0.05, 0) is 11.6 Å². The molecule has 0 fully saturated rings. The normalized spacial score (nSPS) is 12.1. The SMILES string of the molecule is CC(C=O)c1ccc([N+](=O)[O-])c(O)c1. The summed E-state index contributed by atoms with van der Waals surface area (Å²) in [6, 6.07) is 3.87. The highest BCUT2D eigenvalue weighted by Crippen LogP contribution is 2.28. The van der Waals surface area contributed by atoms with E-state index in [2.05, 4.69) is 0 Å². The summed E-state index contributed by atoms with van der Waals surface area (Å²) in [5.41, 5.74) is 0.204. The lowest BCUT2D eigenvalue weighted by Gasteiger charge is -2.04. The molecule has 0 aliphatic rings. The van der Waals surface area contributed by atoms with Gasteiger partial charge in [0.2, 0.25) is 0 Å². The Bertz CT molecular complexity index is 375. The molecule has 1 rings (SSSR count). The molecule has 0 saturated carbocycles. The van der Waals surface area contributed by atoms with E-state index in [4.69, 9.17) is 0 Å². The second-order valence-corrected chi connectivity index (χ2v) is 2.93. The molecule has 1 unspecified atom stereocenters. The zero-order valence-corrected chi connectivity index (χ0v) is 7.51. The van der Waals surface area contributed by atoms with Crippen molar-refractivity contribution in [1.82, 2.24) is 0 Å². The quantitative estimate of drug-likeness (QED) is 0.451. The van der Waals surface area contributed by atoms with E-state index in [1.807, 2.05) is 0 Å². The summed E-state index contributed by atoms with van der Waals surface area (Å²) in [5, 5.41) is 19.6. The van der Waals surface area contributed by atoms with Crippen LogP contribution in [-0.2, 0) is 4.79 Å². The molecule has 1 N–H and O–H groups in total. The van der Waals surface area contributed by atoms with Gasteiger partial charge >= 0.3 is 5.69 Å². The number of nitro benzene ring substituents is 1. The van der Waals surface area contributed by atoms with Crippen molar-refractivity contribution in [2.24, 2.45) is 0 Å². The first kappa shape index (κ1) is 10.2. The fourth-order valence-corrected chi connectivity index (χ4v) is 1.06. The van der Waals surface area contributed by atoms with Gasteiger partial charge in [0.15, 0.2) is 5.75 Å². The van der Waals surface area contributed by atoms with Crippen LogP contribution in [-0.4, -0.2) is 16.3 Å². The molecular weight excluding hydrogens is 186 g/mol. The lowest BCUT2D eigenvalue weighted by molar-refractivity contribution is -0.385. The maximum absolute atomic E-state index is 10.4. The number of hydrogen-bond acceptors (Lipinski definition) is 4. The van der Waals surface area contributed by atoms with Crippen LogP contribution >= 0.6 is 0 Å². The van der Waals surface area contributed by atoms with Gasteiger partial charge in [0.25, 0.3) is 0 Å². The number of benzene rings is 1. The molecule has 0 bridgehead atoms. The predicted octanol–water partition coefficient (Wildman–Crippen LogP) is 1.60. The molecular formula is C9H9NO4. The molecule has 0 aliphatic heterocycles. The molecule has 0 amide bonds. The van der Waals surface area contributed by atoms with Crippen molar-refractivity contribution in [3.05, 3.63) is 33.9 Å². The van der Waals surface area contributed by atoms with Crippen LogP contribution < -0.4 is 0 Å². The monoisotopic (exact) mass is 195 g/mol. The average Bonchev–Trinajstić information content (AvgIpc) is 2.15. The average molecular weight is 195 g/mol. The number of carbonyl (C=O) groups excluding carboxylic acids is 1. The molecule has 0 radical (unpaired) electrons. The number of phenols is 1. The first-order chi connectivity index (χ1) is 6.56. The van der Waals surface area contributed by atoms with E-state index in [1.54, 1.807) is 6.92 Å². The minimum atomic E-state index is -0.676. The fourth-order valence-electron chi connectivity index (χ4n) is 1.06. The maximum atomic E-state index is 10.4. The third kappa shape index (κ3) is 1.87. The van der Waals surface area contributed by atoms with Crippen molar-refractivity contribution in [2.45, 2.75) is 12.8 Å². The van der Waals surface area contributed by atoms with Crippen LogP contribution in [0.2, 0.25) is 0 Å². The lowest BCUT2D eigenvalue weighted by Crippen LogP contribution is -1.95. The van der Waals surface area contributed by atoms with Gasteiger partial charge in [0.05, 0.1) is 4.92 Å². The Morgan fingerprint density at radius 1 is 1.57 bits per heavy atom. The number of phenolic OH excluding ortho intramolecular Hbond substituents is 1. The van der Waals surface area contributed by atoms with Crippen LogP contribution in [0.15, 0.2) is 18.2 Å². The number of carbonyl (C=O) groups is 1. The summed E-state index contributed by atoms with van der Waals surface area (Å²) in [6.07, 6.45) is 0.709. The summed E-state index contributed by atoms with van der Waals surface area (Å²) in [5.74, 6) is -0.789. The number of aromatic hydroxyl groups is 1. The van der Waals surface area contributed by atoms with E-state index in [0.717, 1.165) is 0 Å². The van der Waals surface area contributed by atoms with E-state index in [9.17, 15) is 20.0 Å². The van der Waals surface area contributed by atoms with Crippen LogP contribution in [0.5, 0.6) is 5.75 Å². The second-order valence-electron chi connectivity index (χ2n) is 2.93. The van der Waals surface area contributed by atoms with Gasteiger partial charge in [-0.25, -0.2) is 0 Å². The van der Waals surface area contributed by atoms with Crippen LogP contribution in [0.3, 0.4) is 0 Å². The molecule has 1 atom stereocenters. The van der Waals surface area contributed by atoms with Gasteiger partial charge in [-0.15, -0.1) is 0 Å². The third-order valence-corrected chi connectivity index (χ3v) is 1.93. The summed E-state index contributed by atoms with van der Waals surface area (Å²) in [4.78, 5) is 20.1. The highest BCUT2D eigenvalue weighted by Gasteiger charge is 2.14. The van der Waals surface area contributed by atoms with Gasteiger partial charge < -0.3 is 9.90 Å². The Labute approximate surface area is 80.1 Å².